The van der Waals surface area contributed by atoms with E-state index in [1.807, 2.05) is 57.2 Å². The molecule has 0 radical (unpaired) electrons. The van der Waals surface area contributed by atoms with E-state index in [0.29, 0.717) is 19.3 Å². The zero-order valence-electron chi connectivity index (χ0n) is 19.5. The lowest BCUT2D eigenvalue weighted by Crippen LogP contribution is -2.48. The van der Waals surface area contributed by atoms with Crippen molar-refractivity contribution in [2.45, 2.75) is 65.0 Å². The van der Waals surface area contributed by atoms with Crippen LogP contribution in [0.4, 0.5) is 5.69 Å². The average Bonchev–Trinajstić information content (AvgIpc) is 3.05. The fraction of sp³-hybridized carbons (Fsp3) is 0.538. The summed E-state index contributed by atoms with van der Waals surface area (Å²) in [5.74, 6) is -2.35. The maximum Gasteiger partial charge on any atom is 0.329 e. The zero-order valence-corrected chi connectivity index (χ0v) is 19.5. The predicted octanol–water partition coefficient (Wildman–Crippen LogP) is 3.26. The van der Waals surface area contributed by atoms with Crippen LogP contribution in [-0.2, 0) is 30.3 Å². The third-order valence-corrected chi connectivity index (χ3v) is 6.95. The Hall–Kier alpha value is -2.96. The zero-order chi connectivity index (χ0) is 23.7. The minimum absolute atomic E-state index is 0.00470. The predicted molar refractivity (Wildman–Crippen MR) is 123 cm³/mol. The van der Waals surface area contributed by atoms with Crippen LogP contribution < -0.4 is 4.90 Å². The number of ether oxygens (including phenoxy) is 1. The molecule has 0 bridgehead atoms. The molecular formula is C26H32N2O5. The Balaban J connectivity index is 1.48. The topological polar surface area (TPSA) is 84.0 Å². The maximum atomic E-state index is 13.1. The first-order valence-corrected chi connectivity index (χ1v) is 11.9. The largest absolute Gasteiger partial charge is 0.454 e. The van der Waals surface area contributed by atoms with Crippen LogP contribution in [0.15, 0.2) is 36.4 Å². The van der Waals surface area contributed by atoms with Crippen LogP contribution in [0.2, 0.25) is 0 Å². The summed E-state index contributed by atoms with van der Waals surface area (Å²) in [6, 6.07) is 6.74. The summed E-state index contributed by atoms with van der Waals surface area (Å²) < 4.78 is 5.45. The summed E-state index contributed by atoms with van der Waals surface area (Å²) in [7, 11) is 0. The second-order valence-electron chi connectivity index (χ2n) is 9.74. The molecule has 4 atom stereocenters. The van der Waals surface area contributed by atoms with Gasteiger partial charge in [0.15, 0.2) is 6.61 Å². The summed E-state index contributed by atoms with van der Waals surface area (Å²) in [4.78, 5) is 55.1. The van der Waals surface area contributed by atoms with Crippen molar-refractivity contribution in [3.05, 3.63) is 42.0 Å². The number of carbonyl (C=O) groups excluding carboxylic acids is 4. The highest BCUT2D eigenvalue weighted by Crippen LogP contribution is 2.37. The number of aryl methyl sites for hydroxylation is 1. The van der Waals surface area contributed by atoms with Gasteiger partial charge < -0.3 is 9.64 Å². The molecule has 0 saturated carbocycles. The monoisotopic (exact) mass is 452 g/mol. The van der Waals surface area contributed by atoms with Gasteiger partial charge in [-0.1, -0.05) is 44.2 Å². The van der Waals surface area contributed by atoms with Crippen molar-refractivity contribution in [1.82, 2.24) is 4.90 Å². The van der Waals surface area contributed by atoms with Gasteiger partial charge in [0.2, 0.25) is 11.8 Å². The number of amides is 3. The molecule has 7 heteroatoms. The van der Waals surface area contributed by atoms with Crippen molar-refractivity contribution in [2.75, 3.05) is 11.5 Å². The van der Waals surface area contributed by atoms with E-state index in [9.17, 15) is 19.2 Å². The lowest BCUT2D eigenvalue weighted by molar-refractivity contribution is -0.161. The number of hydrogen-bond acceptors (Lipinski definition) is 5. The minimum atomic E-state index is -1.01. The third kappa shape index (κ3) is 4.45. The quantitative estimate of drug-likeness (QED) is 0.376. The van der Waals surface area contributed by atoms with E-state index in [2.05, 4.69) is 0 Å². The molecule has 3 aliphatic rings. The molecule has 1 aromatic rings. The molecule has 1 fully saturated rings. The number of rotatable bonds is 6. The summed E-state index contributed by atoms with van der Waals surface area (Å²) in [6.45, 7) is 5.42. The highest BCUT2D eigenvalue weighted by atomic mass is 16.5. The van der Waals surface area contributed by atoms with Crippen LogP contribution in [0, 0.1) is 17.8 Å². The summed E-state index contributed by atoms with van der Waals surface area (Å²) in [5, 5.41) is 0. The van der Waals surface area contributed by atoms with Crippen molar-refractivity contribution < 1.29 is 23.9 Å². The first-order chi connectivity index (χ1) is 15.8. The van der Waals surface area contributed by atoms with Crippen LogP contribution in [0.3, 0.4) is 0 Å². The third-order valence-electron chi connectivity index (χ3n) is 6.95. The number of hydrogen-bond donors (Lipinski definition) is 0. The van der Waals surface area contributed by atoms with Crippen molar-refractivity contribution in [2.24, 2.45) is 17.8 Å². The average molecular weight is 453 g/mol. The van der Waals surface area contributed by atoms with Crippen LogP contribution >= 0.6 is 0 Å². The number of likely N-dealkylation sites (tertiary alicyclic amines) is 1. The number of carbonyl (C=O) groups is 4. The molecule has 0 spiro atoms. The molecule has 3 amide bonds. The number of esters is 1. The molecule has 1 aliphatic carbocycles. The second kappa shape index (κ2) is 9.49. The van der Waals surface area contributed by atoms with E-state index in [4.69, 9.17) is 4.74 Å². The van der Waals surface area contributed by atoms with Crippen molar-refractivity contribution >= 4 is 29.4 Å². The summed E-state index contributed by atoms with van der Waals surface area (Å²) >= 11 is 0. The fourth-order valence-corrected chi connectivity index (χ4v) is 5.25. The molecule has 0 N–H and O–H groups in total. The molecule has 33 heavy (non-hydrogen) atoms. The number of anilines is 1. The molecule has 1 saturated heterocycles. The van der Waals surface area contributed by atoms with Gasteiger partial charge in [-0.05, 0) is 56.6 Å². The molecule has 2 aliphatic heterocycles. The van der Waals surface area contributed by atoms with Gasteiger partial charge in [-0.2, -0.15) is 0 Å². The molecule has 7 nitrogen and oxygen atoms in total. The SMILES string of the molecule is CC(C)CC(C(=O)OCC(=O)N1c2ccccc2CCC1C)N1C(=O)C2CC=CCC2C1=O. The molecule has 0 aromatic heterocycles. The van der Waals surface area contributed by atoms with Gasteiger partial charge in [-0.15, -0.1) is 0 Å². The van der Waals surface area contributed by atoms with E-state index in [0.717, 1.165) is 29.0 Å². The Morgan fingerprint density at radius 2 is 1.70 bits per heavy atom. The van der Waals surface area contributed by atoms with E-state index in [-0.39, 0.29) is 29.7 Å². The molecule has 4 unspecified atom stereocenters. The Bertz CT molecular complexity index is 959. The number of nitrogens with zero attached hydrogens (tertiary/aromatic N) is 2. The Kier molecular flexibility index (Phi) is 6.68. The smallest absolute Gasteiger partial charge is 0.329 e. The van der Waals surface area contributed by atoms with E-state index >= 15 is 0 Å². The van der Waals surface area contributed by atoms with Crippen LogP contribution in [-0.4, -0.2) is 47.3 Å². The Labute approximate surface area is 194 Å². The van der Waals surface area contributed by atoms with E-state index in [1.165, 1.54) is 0 Å². The van der Waals surface area contributed by atoms with E-state index < -0.39 is 30.5 Å². The lowest BCUT2D eigenvalue weighted by Gasteiger charge is -2.35. The Morgan fingerprint density at radius 1 is 1.06 bits per heavy atom. The van der Waals surface area contributed by atoms with Crippen molar-refractivity contribution in [1.29, 1.82) is 0 Å². The van der Waals surface area contributed by atoms with Gasteiger partial charge in [0.25, 0.3) is 5.91 Å². The number of benzene rings is 1. The van der Waals surface area contributed by atoms with Crippen LogP contribution in [0.1, 0.15) is 52.0 Å². The van der Waals surface area contributed by atoms with Crippen LogP contribution in [0.25, 0.3) is 0 Å². The first kappa shape index (κ1) is 23.2. The Morgan fingerprint density at radius 3 is 2.33 bits per heavy atom. The van der Waals surface area contributed by atoms with E-state index in [1.54, 1.807) is 4.90 Å². The minimum Gasteiger partial charge on any atom is -0.454 e. The second-order valence-corrected chi connectivity index (χ2v) is 9.74. The summed E-state index contributed by atoms with van der Waals surface area (Å²) in [5.41, 5.74) is 1.94. The van der Waals surface area contributed by atoms with Crippen molar-refractivity contribution in [3.63, 3.8) is 0 Å². The van der Waals surface area contributed by atoms with Gasteiger partial charge in [0.05, 0.1) is 11.8 Å². The number of imide groups is 1. The highest BCUT2D eigenvalue weighted by molar-refractivity contribution is 6.08. The van der Waals surface area contributed by atoms with Gasteiger partial charge in [-0.25, -0.2) is 4.79 Å². The first-order valence-electron chi connectivity index (χ1n) is 11.9. The molecule has 1 aromatic carbocycles. The number of para-hydroxylation sites is 1. The lowest BCUT2D eigenvalue weighted by atomic mass is 9.85. The molecule has 2 heterocycles. The standard InChI is InChI=1S/C26H32N2O5/c1-16(2)14-22(28-24(30)19-9-5-6-10-20(19)25(28)31)26(32)33-15-23(29)27-17(3)12-13-18-8-4-7-11-21(18)27/h4-8,11,16-17,19-20,22H,9-10,12-15H2,1-3H3. The number of allylic oxidation sites excluding steroid dienone is 2. The van der Waals surface area contributed by atoms with Crippen molar-refractivity contribution in [3.8, 4) is 0 Å². The normalized spacial score (nSPS) is 25.2. The van der Waals surface area contributed by atoms with Gasteiger partial charge in [-0.3, -0.25) is 19.3 Å². The summed E-state index contributed by atoms with van der Waals surface area (Å²) in [6.07, 6.45) is 6.90. The molecule has 4 rings (SSSR count). The molecular weight excluding hydrogens is 420 g/mol. The number of fused-ring (bicyclic) bond motifs is 2. The maximum absolute atomic E-state index is 13.1. The molecule has 176 valence electrons. The fourth-order valence-electron chi connectivity index (χ4n) is 5.25. The van der Waals surface area contributed by atoms with Crippen LogP contribution in [0.5, 0.6) is 0 Å². The van der Waals surface area contributed by atoms with Gasteiger partial charge in [0, 0.05) is 11.7 Å². The highest BCUT2D eigenvalue weighted by Gasteiger charge is 2.51. The van der Waals surface area contributed by atoms with Gasteiger partial charge >= 0.3 is 5.97 Å². The van der Waals surface area contributed by atoms with Gasteiger partial charge in [0.1, 0.15) is 6.04 Å².